The summed E-state index contributed by atoms with van der Waals surface area (Å²) in [7, 11) is 1.54. The van der Waals surface area contributed by atoms with Crippen molar-refractivity contribution in [3.8, 4) is 0 Å². The summed E-state index contributed by atoms with van der Waals surface area (Å²) in [5.41, 5.74) is 1.94. The molecule has 1 aromatic heterocycles. The number of amides is 4. The Morgan fingerprint density at radius 1 is 1.25 bits per heavy atom. The Hall–Kier alpha value is -2.87. The van der Waals surface area contributed by atoms with Gasteiger partial charge in [0.2, 0.25) is 5.91 Å². The van der Waals surface area contributed by atoms with Gasteiger partial charge in [0.15, 0.2) is 0 Å². The van der Waals surface area contributed by atoms with Crippen molar-refractivity contribution in [1.29, 1.82) is 0 Å². The third kappa shape index (κ3) is 3.24. The number of aromatic amines is 1. The average molecular weight is 384 g/mol. The average Bonchev–Trinajstić information content (AvgIpc) is 3.08. The van der Waals surface area contributed by atoms with Crippen molar-refractivity contribution in [3.05, 3.63) is 36.0 Å². The highest BCUT2D eigenvalue weighted by Crippen LogP contribution is 2.23. The largest absolute Gasteiger partial charge is 0.383 e. The molecule has 1 atom stereocenters. The second-order valence-electron chi connectivity index (χ2n) is 7.20. The van der Waals surface area contributed by atoms with Crippen molar-refractivity contribution < 1.29 is 19.1 Å². The van der Waals surface area contributed by atoms with Crippen molar-refractivity contribution in [3.63, 3.8) is 0 Å². The lowest BCUT2D eigenvalue weighted by molar-refractivity contribution is -0.133. The first kappa shape index (κ1) is 18.5. The van der Waals surface area contributed by atoms with Crippen LogP contribution in [0.15, 0.2) is 30.5 Å². The van der Waals surface area contributed by atoms with Crippen molar-refractivity contribution >= 4 is 28.7 Å². The molecule has 3 heterocycles. The van der Waals surface area contributed by atoms with Crippen molar-refractivity contribution in [2.24, 2.45) is 0 Å². The van der Waals surface area contributed by atoms with E-state index in [2.05, 4.69) is 4.98 Å². The molecule has 2 aliphatic heterocycles. The number of hydrogen-bond donors (Lipinski definition) is 1. The molecule has 1 N–H and O–H groups in total. The molecule has 2 saturated heterocycles. The summed E-state index contributed by atoms with van der Waals surface area (Å²) in [6.45, 7) is 1.82. The molecule has 0 spiro atoms. The van der Waals surface area contributed by atoms with E-state index in [0.29, 0.717) is 26.1 Å². The summed E-state index contributed by atoms with van der Waals surface area (Å²) < 4.78 is 5.00. The van der Waals surface area contributed by atoms with Gasteiger partial charge in [-0.15, -0.1) is 0 Å². The van der Waals surface area contributed by atoms with Crippen molar-refractivity contribution in [1.82, 2.24) is 19.7 Å². The van der Waals surface area contributed by atoms with Crippen molar-refractivity contribution in [2.45, 2.75) is 18.9 Å². The van der Waals surface area contributed by atoms with E-state index in [1.165, 1.54) is 12.0 Å². The highest BCUT2D eigenvalue weighted by Gasteiger charge is 2.46. The van der Waals surface area contributed by atoms with E-state index in [1.54, 1.807) is 9.80 Å². The van der Waals surface area contributed by atoms with Gasteiger partial charge in [0.05, 0.1) is 26.1 Å². The van der Waals surface area contributed by atoms with E-state index in [1.807, 2.05) is 30.5 Å². The van der Waals surface area contributed by atoms with Crippen LogP contribution in [0.25, 0.3) is 10.9 Å². The fourth-order valence-corrected chi connectivity index (χ4v) is 4.02. The standard InChI is InChI=1S/C20H24N4O4/c1-28-10-9-24-19(26)17-13-22(7-4-8-23(17)20(24)27)18(25)11-14-12-21-16-6-3-2-5-15(14)16/h2-3,5-6,12,17,21H,4,7-11,13H2,1H3. The third-order valence-electron chi connectivity index (χ3n) is 5.51. The van der Waals surface area contributed by atoms with Crippen LogP contribution in [-0.4, -0.2) is 83.5 Å². The number of carbonyl (C=O) groups excluding carboxylic acids is 3. The summed E-state index contributed by atoms with van der Waals surface area (Å²) in [6, 6.07) is 6.99. The molecule has 4 rings (SSSR count). The smallest absolute Gasteiger partial charge is 0.327 e. The Labute approximate surface area is 163 Å². The lowest BCUT2D eigenvalue weighted by atomic mass is 10.1. The van der Waals surface area contributed by atoms with Gasteiger partial charge in [0.25, 0.3) is 5.91 Å². The van der Waals surface area contributed by atoms with Gasteiger partial charge in [-0.25, -0.2) is 4.79 Å². The van der Waals surface area contributed by atoms with E-state index >= 15 is 0 Å². The molecule has 28 heavy (non-hydrogen) atoms. The summed E-state index contributed by atoms with van der Waals surface area (Å²) in [6.07, 6.45) is 2.79. The van der Waals surface area contributed by atoms with Crippen LogP contribution in [0.1, 0.15) is 12.0 Å². The van der Waals surface area contributed by atoms with Gasteiger partial charge in [-0.05, 0) is 18.1 Å². The van der Waals surface area contributed by atoms with Crippen LogP contribution in [0.2, 0.25) is 0 Å². The van der Waals surface area contributed by atoms with Crippen LogP contribution >= 0.6 is 0 Å². The number of carbonyl (C=O) groups is 3. The normalized spacial score (nSPS) is 20.0. The zero-order valence-corrected chi connectivity index (χ0v) is 15.9. The number of methoxy groups -OCH3 is 1. The number of nitrogens with one attached hydrogen (secondary N) is 1. The molecule has 1 aromatic carbocycles. The molecule has 0 aliphatic carbocycles. The van der Waals surface area contributed by atoms with Gasteiger partial charge < -0.3 is 19.5 Å². The second-order valence-corrected chi connectivity index (χ2v) is 7.20. The number of benzene rings is 1. The molecule has 1 unspecified atom stereocenters. The predicted octanol–water partition coefficient (Wildman–Crippen LogP) is 1.22. The fourth-order valence-electron chi connectivity index (χ4n) is 4.02. The Balaban J connectivity index is 1.48. The number of fused-ring (bicyclic) bond motifs is 2. The van der Waals surface area contributed by atoms with Gasteiger partial charge >= 0.3 is 6.03 Å². The Morgan fingerprint density at radius 3 is 2.89 bits per heavy atom. The minimum Gasteiger partial charge on any atom is -0.383 e. The first-order valence-electron chi connectivity index (χ1n) is 9.54. The van der Waals surface area contributed by atoms with Crippen LogP contribution in [0, 0.1) is 0 Å². The molecule has 8 nitrogen and oxygen atoms in total. The molecular weight excluding hydrogens is 360 g/mol. The van der Waals surface area contributed by atoms with Crippen molar-refractivity contribution in [2.75, 3.05) is 39.9 Å². The Morgan fingerprint density at radius 2 is 2.07 bits per heavy atom. The SMILES string of the molecule is COCCN1C(=O)C2CN(C(=O)Cc3c[nH]c4ccccc34)CCCN2C1=O. The maximum absolute atomic E-state index is 13.0. The number of nitrogens with zero attached hydrogens (tertiary/aromatic N) is 3. The minimum atomic E-state index is -0.598. The highest BCUT2D eigenvalue weighted by atomic mass is 16.5. The molecular formula is C20H24N4O4. The van der Waals surface area contributed by atoms with Gasteiger partial charge in [0.1, 0.15) is 6.04 Å². The zero-order valence-electron chi connectivity index (χ0n) is 15.9. The second kappa shape index (κ2) is 7.63. The van der Waals surface area contributed by atoms with Crippen LogP contribution in [-0.2, 0) is 20.7 Å². The number of aromatic nitrogens is 1. The molecule has 0 saturated carbocycles. The van der Waals surface area contributed by atoms with Crippen LogP contribution in [0.5, 0.6) is 0 Å². The summed E-state index contributed by atoms with van der Waals surface area (Å²) in [5, 5.41) is 1.03. The lowest BCUT2D eigenvalue weighted by Crippen LogP contribution is -2.44. The molecule has 2 fully saturated rings. The summed E-state index contributed by atoms with van der Waals surface area (Å²) in [5.74, 6) is -0.268. The Bertz CT molecular complexity index is 908. The summed E-state index contributed by atoms with van der Waals surface area (Å²) >= 11 is 0. The fraction of sp³-hybridized carbons (Fsp3) is 0.450. The van der Waals surface area contributed by atoms with Gasteiger partial charge in [-0.2, -0.15) is 0 Å². The molecule has 148 valence electrons. The van der Waals surface area contributed by atoms with E-state index in [9.17, 15) is 14.4 Å². The molecule has 0 bridgehead atoms. The lowest BCUT2D eigenvalue weighted by Gasteiger charge is -2.23. The van der Waals surface area contributed by atoms with Crippen LogP contribution in [0.3, 0.4) is 0 Å². The third-order valence-corrected chi connectivity index (χ3v) is 5.51. The monoisotopic (exact) mass is 384 g/mol. The molecule has 0 radical (unpaired) electrons. The number of imide groups is 1. The minimum absolute atomic E-state index is 0.0257. The maximum Gasteiger partial charge on any atom is 0.327 e. The van der Waals surface area contributed by atoms with Crippen LogP contribution < -0.4 is 0 Å². The quantitative estimate of drug-likeness (QED) is 0.786. The molecule has 8 heteroatoms. The molecule has 2 aliphatic rings. The van der Waals surface area contributed by atoms with E-state index < -0.39 is 6.04 Å². The van der Waals surface area contributed by atoms with Crippen LogP contribution in [0.4, 0.5) is 4.79 Å². The number of para-hydroxylation sites is 1. The van der Waals surface area contributed by atoms with E-state index in [-0.39, 0.29) is 37.4 Å². The molecule has 4 amide bonds. The first-order valence-corrected chi connectivity index (χ1v) is 9.54. The number of urea groups is 1. The summed E-state index contributed by atoms with van der Waals surface area (Å²) in [4.78, 5) is 46.0. The molecule has 2 aromatic rings. The number of ether oxygens (including phenoxy) is 1. The highest BCUT2D eigenvalue weighted by molar-refractivity contribution is 6.04. The van der Waals surface area contributed by atoms with E-state index in [4.69, 9.17) is 4.74 Å². The van der Waals surface area contributed by atoms with Gasteiger partial charge in [0, 0.05) is 37.3 Å². The van der Waals surface area contributed by atoms with Gasteiger partial charge in [-0.1, -0.05) is 18.2 Å². The number of rotatable bonds is 5. The number of H-pyrrole nitrogens is 1. The number of hydrogen-bond acceptors (Lipinski definition) is 4. The van der Waals surface area contributed by atoms with E-state index in [0.717, 1.165) is 16.5 Å². The van der Waals surface area contributed by atoms with Gasteiger partial charge in [-0.3, -0.25) is 14.5 Å². The zero-order chi connectivity index (χ0) is 19.7. The first-order chi connectivity index (χ1) is 13.6. The maximum atomic E-state index is 13.0. The topological polar surface area (TPSA) is 85.9 Å². The predicted molar refractivity (Wildman–Crippen MR) is 103 cm³/mol. The Kier molecular flexibility index (Phi) is 5.04.